The predicted molar refractivity (Wildman–Crippen MR) is 70.0 cm³/mol. The van der Waals surface area contributed by atoms with Crippen LogP contribution in [-0.2, 0) is 0 Å². The monoisotopic (exact) mass is 282 g/mol. The summed E-state index contributed by atoms with van der Waals surface area (Å²) >= 11 is 11.4. The van der Waals surface area contributed by atoms with Crippen LogP contribution in [0.5, 0.6) is 5.75 Å². The Bertz CT molecular complexity index is 620. The van der Waals surface area contributed by atoms with Crippen LogP contribution in [0.1, 0.15) is 16.2 Å². The summed E-state index contributed by atoms with van der Waals surface area (Å²) in [5, 5.41) is 9.95. The van der Waals surface area contributed by atoms with Gasteiger partial charge in [-0.3, -0.25) is 4.79 Å². The SMILES string of the molecule is O=C(/C=C/c1nccn1Cl)c1ccc(Cl)cc1O. The van der Waals surface area contributed by atoms with Gasteiger partial charge in [-0.05, 0) is 30.4 Å². The van der Waals surface area contributed by atoms with Gasteiger partial charge in [-0.2, -0.15) is 0 Å². The van der Waals surface area contributed by atoms with Crippen LogP contribution < -0.4 is 0 Å². The number of halogens is 2. The van der Waals surface area contributed by atoms with Crippen LogP contribution in [0.2, 0.25) is 5.02 Å². The first-order valence-electron chi connectivity index (χ1n) is 4.98. The number of benzene rings is 1. The lowest BCUT2D eigenvalue weighted by molar-refractivity contribution is 0.104. The van der Waals surface area contributed by atoms with Gasteiger partial charge in [0.2, 0.25) is 0 Å². The summed E-state index contributed by atoms with van der Waals surface area (Å²) in [4.78, 5) is 15.7. The fourth-order valence-electron chi connectivity index (χ4n) is 1.37. The van der Waals surface area contributed by atoms with E-state index >= 15 is 0 Å². The number of rotatable bonds is 3. The van der Waals surface area contributed by atoms with Crippen LogP contribution in [0.25, 0.3) is 6.08 Å². The first-order chi connectivity index (χ1) is 8.58. The molecule has 0 aliphatic heterocycles. The average molecular weight is 283 g/mol. The molecule has 1 N–H and O–H groups in total. The topological polar surface area (TPSA) is 55.1 Å². The van der Waals surface area contributed by atoms with E-state index in [4.69, 9.17) is 23.4 Å². The Morgan fingerprint density at radius 2 is 2.22 bits per heavy atom. The maximum Gasteiger partial charge on any atom is 0.189 e. The molecular weight excluding hydrogens is 275 g/mol. The Morgan fingerprint density at radius 3 is 2.83 bits per heavy atom. The van der Waals surface area contributed by atoms with Crippen LogP contribution in [0.3, 0.4) is 0 Å². The fourth-order valence-corrected chi connectivity index (χ4v) is 1.68. The zero-order valence-electron chi connectivity index (χ0n) is 9.05. The number of allylic oxidation sites excluding steroid dienone is 1. The van der Waals surface area contributed by atoms with Crippen LogP contribution >= 0.6 is 23.4 Å². The number of phenolic OH excluding ortho intramolecular Hbond substituents is 1. The first-order valence-corrected chi connectivity index (χ1v) is 5.70. The molecule has 6 heteroatoms. The van der Waals surface area contributed by atoms with Gasteiger partial charge in [-0.15, -0.1) is 0 Å². The highest BCUT2D eigenvalue weighted by atomic mass is 35.5. The fraction of sp³-hybridized carbons (Fsp3) is 0. The van der Waals surface area contributed by atoms with E-state index in [2.05, 4.69) is 4.98 Å². The standard InChI is InChI=1S/C12H8Cl2N2O2/c13-8-1-2-9(11(18)7-8)10(17)3-4-12-15-5-6-16(12)14/h1-7,18H/b4-3+. The summed E-state index contributed by atoms with van der Waals surface area (Å²) in [7, 11) is 0. The van der Waals surface area contributed by atoms with E-state index in [1.807, 2.05) is 0 Å². The number of ketones is 1. The molecule has 0 aliphatic carbocycles. The third kappa shape index (κ3) is 2.72. The number of carbonyl (C=O) groups is 1. The van der Waals surface area contributed by atoms with E-state index in [9.17, 15) is 9.90 Å². The maximum absolute atomic E-state index is 11.8. The van der Waals surface area contributed by atoms with Crippen molar-refractivity contribution in [3.63, 3.8) is 0 Å². The van der Waals surface area contributed by atoms with E-state index < -0.39 is 0 Å². The van der Waals surface area contributed by atoms with Gasteiger partial charge < -0.3 is 5.11 Å². The summed E-state index contributed by atoms with van der Waals surface area (Å²) in [6.45, 7) is 0. The average Bonchev–Trinajstić information content (AvgIpc) is 2.72. The molecule has 0 saturated heterocycles. The molecule has 18 heavy (non-hydrogen) atoms. The van der Waals surface area contributed by atoms with Gasteiger partial charge in [0.15, 0.2) is 5.78 Å². The summed E-state index contributed by atoms with van der Waals surface area (Å²) in [6.07, 6.45) is 5.80. The number of phenols is 1. The van der Waals surface area contributed by atoms with Crippen LogP contribution in [-0.4, -0.2) is 20.0 Å². The second kappa shape index (κ2) is 5.25. The number of nitrogens with zero attached hydrogens (tertiary/aromatic N) is 2. The van der Waals surface area contributed by atoms with E-state index in [-0.39, 0.29) is 17.1 Å². The Morgan fingerprint density at radius 1 is 1.44 bits per heavy atom. The lowest BCUT2D eigenvalue weighted by Gasteiger charge is -2.00. The first kappa shape index (κ1) is 12.7. The largest absolute Gasteiger partial charge is 0.507 e. The molecule has 0 fully saturated rings. The summed E-state index contributed by atoms with van der Waals surface area (Å²) in [6, 6.07) is 4.30. The van der Waals surface area contributed by atoms with Crippen LogP contribution in [0, 0.1) is 0 Å². The Hall–Kier alpha value is -1.78. The predicted octanol–water partition coefficient (Wildman–Crippen LogP) is 3.14. The van der Waals surface area contributed by atoms with Gasteiger partial charge in [0.25, 0.3) is 0 Å². The third-order valence-corrected chi connectivity index (χ3v) is 2.75. The summed E-state index contributed by atoms with van der Waals surface area (Å²) in [5.41, 5.74) is 0.170. The molecule has 1 heterocycles. The van der Waals surface area contributed by atoms with Crippen molar-refractivity contribution < 1.29 is 9.90 Å². The molecule has 0 spiro atoms. The highest BCUT2D eigenvalue weighted by Crippen LogP contribution is 2.22. The lowest BCUT2D eigenvalue weighted by Crippen LogP contribution is -1.95. The molecule has 0 saturated carbocycles. The van der Waals surface area contributed by atoms with Crippen molar-refractivity contribution in [2.24, 2.45) is 0 Å². The van der Waals surface area contributed by atoms with E-state index in [0.29, 0.717) is 10.8 Å². The zero-order valence-corrected chi connectivity index (χ0v) is 10.6. The van der Waals surface area contributed by atoms with Gasteiger partial charge in [0.05, 0.1) is 5.56 Å². The highest BCUT2D eigenvalue weighted by Gasteiger charge is 2.08. The van der Waals surface area contributed by atoms with Crippen molar-refractivity contribution in [2.75, 3.05) is 0 Å². The molecule has 0 bridgehead atoms. The molecule has 0 aliphatic rings. The number of imidazole rings is 1. The van der Waals surface area contributed by atoms with E-state index in [1.54, 1.807) is 6.20 Å². The Balaban J connectivity index is 2.22. The normalized spacial score (nSPS) is 11.0. The highest BCUT2D eigenvalue weighted by molar-refractivity contribution is 6.31. The summed E-state index contributed by atoms with van der Waals surface area (Å²) in [5.74, 6) is -0.0892. The number of hydrogen-bond donors (Lipinski definition) is 1. The van der Waals surface area contributed by atoms with Gasteiger partial charge >= 0.3 is 0 Å². The second-order valence-corrected chi connectivity index (χ2v) is 4.26. The van der Waals surface area contributed by atoms with Crippen molar-refractivity contribution in [3.05, 3.63) is 53.1 Å². The smallest absolute Gasteiger partial charge is 0.189 e. The molecule has 0 radical (unpaired) electrons. The molecule has 2 aromatic rings. The van der Waals surface area contributed by atoms with Crippen molar-refractivity contribution in [3.8, 4) is 5.75 Å². The minimum atomic E-state index is -0.358. The molecule has 92 valence electrons. The zero-order chi connectivity index (χ0) is 13.1. The number of aromatic hydroxyl groups is 1. The molecule has 0 unspecified atom stereocenters. The van der Waals surface area contributed by atoms with Crippen molar-refractivity contribution >= 4 is 35.2 Å². The van der Waals surface area contributed by atoms with Gasteiger partial charge in [0.1, 0.15) is 11.6 Å². The van der Waals surface area contributed by atoms with E-state index in [1.165, 1.54) is 40.6 Å². The molecule has 4 nitrogen and oxygen atoms in total. The van der Waals surface area contributed by atoms with Crippen molar-refractivity contribution in [2.45, 2.75) is 0 Å². The summed E-state index contributed by atoms with van der Waals surface area (Å²) < 4.78 is 1.26. The van der Waals surface area contributed by atoms with Crippen molar-refractivity contribution in [1.29, 1.82) is 0 Å². The Kier molecular flexibility index (Phi) is 3.69. The van der Waals surface area contributed by atoms with E-state index in [0.717, 1.165) is 0 Å². The number of hydrogen-bond acceptors (Lipinski definition) is 3. The minimum Gasteiger partial charge on any atom is -0.507 e. The molecule has 0 amide bonds. The third-order valence-electron chi connectivity index (χ3n) is 2.23. The second-order valence-electron chi connectivity index (χ2n) is 3.46. The Labute approximate surface area is 113 Å². The molecule has 0 atom stereocenters. The minimum absolute atomic E-state index is 0.161. The van der Waals surface area contributed by atoms with Gasteiger partial charge in [-0.1, -0.05) is 11.6 Å². The van der Waals surface area contributed by atoms with Crippen LogP contribution in [0.15, 0.2) is 36.7 Å². The molecule has 1 aromatic heterocycles. The molecular formula is C12H8Cl2N2O2. The quantitative estimate of drug-likeness (QED) is 0.695. The number of aromatic nitrogens is 2. The van der Waals surface area contributed by atoms with Crippen molar-refractivity contribution in [1.82, 2.24) is 9.07 Å². The molecule has 2 rings (SSSR count). The molecule has 1 aromatic carbocycles. The number of carbonyl (C=O) groups excluding carboxylic acids is 1. The van der Waals surface area contributed by atoms with Gasteiger partial charge in [-0.25, -0.2) is 9.07 Å². The lowest BCUT2D eigenvalue weighted by atomic mass is 10.1. The van der Waals surface area contributed by atoms with Crippen LogP contribution in [0.4, 0.5) is 0 Å². The van der Waals surface area contributed by atoms with Gasteiger partial charge in [0, 0.05) is 29.2 Å². The maximum atomic E-state index is 11.8.